The third-order valence-corrected chi connectivity index (χ3v) is 4.38. The van der Waals surface area contributed by atoms with Gasteiger partial charge < -0.3 is 14.2 Å². The number of Topliss-reactive ketones (excluding diaryl/α,β-unsaturated/α-hetero) is 1. The summed E-state index contributed by atoms with van der Waals surface area (Å²) in [6.45, 7) is 4.82. The third kappa shape index (κ3) is 3.95. The molecule has 0 aliphatic carbocycles. The van der Waals surface area contributed by atoms with Crippen LogP contribution < -0.4 is 14.2 Å². The largest absolute Gasteiger partial charge is 0.489 e. The van der Waals surface area contributed by atoms with E-state index in [0.29, 0.717) is 28.4 Å². The number of carbonyl (C=O) groups excluding carboxylic acids is 2. The van der Waals surface area contributed by atoms with Crippen molar-refractivity contribution in [3.63, 3.8) is 0 Å². The molecule has 2 aromatic rings. The molecule has 0 saturated carbocycles. The number of hydrogen-bond donors (Lipinski definition) is 0. The van der Waals surface area contributed by atoms with Crippen molar-refractivity contribution in [2.75, 3.05) is 6.61 Å². The van der Waals surface area contributed by atoms with Crippen LogP contribution in [0.5, 0.6) is 17.2 Å². The zero-order valence-corrected chi connectivity index (χ0v) is 15.7. The Balaban J connectivity index is 1.79. The van der Waals surface area contributed by atoms with Gasteiger partial charge in [-0.05, 0) is 38.1 Å². The average Bonchev–Trinajstić information content (AvgIpc) is 2.63. The number of fused-ring (bicyclic) bond motifs is 1. The lowest BCUT2D eigenvalue weighted by Gasteiger charge is -2.35. The number of non-ortho nitro benzene ring substituents is 1. The maximum atomic E-state index is 12.6. The molecular formula is C20H19NO7. The van der Waals surface area contributed by atoms with E-state index in [-0.39, 0.29) is 24.5 Å². The number of esters is 1. The number of nitrogens with zero attached hydrogens (tertiary/aromatic N) is 1. The average molecular weight is 385 g/mol. The van der Waals surface area contributed by atoms with Gasteiger partial charge in [0.25, 0.3) is 5.69 Å². The highest BCUT2D eigenvalue weighted by molar-refractivity contribution is 6.01. The van der Waals surface area contributed by atoms with E-state index in [1.807, 2.05) is 0 Å². The van der Waals surface area contributed by atoms with E-state index in [1.165, 1.54) is 31.2 Å². The SMILES string of the molecule is CC(=O)Oc1ccc2c(c1C)OC(C)(COc1ccc([N+](=O)[O-])cc1)CC2=O. The first kappa shape index (κ1) is 19.3. The Morgan fingerprint density at radius 2 is 1.93 bits per heavy atom. The molecule has 1 heterocycles. The fraction of sp³-hybridized carbons (Fsp3) is 0.300. The fourth-order valence-electron chi connectivity index (χ4n) is 2.99. The van der Waals surface area contributed by atoms with Crippen molar-refractivity contribution in [1.29, 1.82) is 0 Å². The summed E-state index contributed by atoms with van der Waals surface area (Å²) in [6, 6.07) is 8.82. The molecule has 1 aliphatic rings. The van der Waals surface area contributed by atoms with Gasteiger partial charge in [0.2, 0.25) is 0 Å². The lowest BCUT2D eigenvalue weighted by Crippen LogP contribution is -2.44. The highest BCUT2D eigenvalue weighted by Crippen LogP contribution is 2.40. The summed E-state index contributed by atoms with van der Waals surface area (Å²) in [5.74, 6) is 0.561. The highest BCUT2D eigenvalue weighted by atomic mass is 16.6. The second-order valence-corrected chi connectivity index (χ2v) is 6.85. The van der Waals surface area contributed by atoms with Crippen molar-refractivity contribution < 1.29 is 28.7 Å². The van der Waals surface area contributed by atoms with Gasteiger partial charge in [-0.2, -0.15) is 0 Å². The lowest BCUT2D eigenvalue weighted by molar-refractivity contribution is -0.384. The van der Waals surface area contributed by atoms with Crippen LogP contribution in [-0.2, 0) is 4.79 Å². The summed E-state index contributed by atoms with van der Waals surface area (Å²) >= 11 is 0. The molecule has 0 radical (unpaired) electrons. The van der Waals surface area contributed by atoms with Crippen molar-refractivity contribution in [1.82, 2.24) is 0 Å². The predicted molar refractivity (Wildman–Crippen MR) is 99.1 cm³/mol. The molecule has 0 aromatic heterocycles. The summed E-state index contributed by atoms with van der Waals surface area (Å²) in [5, 5.41) is 10.7. The van der Waals surface area contributed by atoms with E-state index in [9.17, 15) is 19.7 Å². The Kier molecular flexibility index (Phi) is 5.04. The van der Waals surface area contributed by atoms with Gasteiger partial charge in [-0.3, -0.25) is 19.7 Å². The molecule has 8 nitrogen and oxygen atoms in total. The molecular weight excluding hydrogens is 366 g/mol. The van der Waals surface area contributed by atoms with Crippen molar-refractivity contribution in [2.45, 2.75) is 32.8 Å². The van der Waals surface area contributed by atoms with Crippen LogP contribution >= 0.6 is 0 Å². The van der Waals surface area contributed by atoms with Gasteiger partial charge in [0, 0.05) is 24.6 Å². The number of nitro benzene ring substituents is 1. The van der Waals surface area contributed by atoms with Gasteiger partial charge in [-0.15, -0.1) is 0 Å². The highest BCUT2D eigenvalue weighted by Gasteiger charge is 2.38. The molecule has 2 aromatic carbocycles. The minimum absolute atomic E-state index is 0.0368. The molecule has 146 valence electrons. The van der Waals surface area contributed by atoms with Gasteiger partial charge in [0.1, 0.15) is 29.5 Å². The molecule has 0 amide bonds. The Morgan fingerprint density at radius 3 is 2.54 bits per heavy atom. The Labute approximate surface area is 161 Å². The van der Waals surface area contributed by atoms with E-state index in [4.69, 9.17) is 14.2 Å². The molecule has 8 heteroatoms. The van der Waals surface area contributed by atoms with Gasteiger partial charge in [-0.25, -0.2) is 0 Å². The van der Waals surface area contributed by atoms with Crippen LogP contribution in [0.1, 0.15) is 36.2 Å². The summed E-state index contributed by atoms with van der Waals surface area (Å²) < 4.78 is 16.9. The lowest BCUT2D eigenvalue weighted by atomic mass is 9.90. The fourth-order valence-corrected chi connectivity index (χ4v) is 2.99. The van der Waals surface area contributed by atoms with Crippen LogP contribution in [0.2, 0.25) is 0 Å². The van der Waals surface area contributed by atoms with Crippen LogP contribution in [-0.4, -0.2) is 28.9 Å². The topological polar surface area (TPSA) is 105 Å². The molecule has 0 bridgehead atoms. The van der Waals surface area contributed by atoms with E-state index in [1.54, 1.807) is 26.0 Å². The van der Waals surface area contributed by atoms with Crippen molar-refractivity contribution in [2.24, 2.45) is 0 Å². The summed E-state index contributed by atoms with van der Waals surface area (Å²) in [6.07, 6.45) is 0.110. The first-order valence-electron chi connectivity index (χ1n) is 8.60. The monoisotopic (exact) mass is 385 g/mol. The number of ketones is 1. The standard InChI is InChI=1S/C20H19NO7/c1-12-18(27-13(2)22)9-8-16-17(23)10-20(3,28-19(12)16)11-26-15-6-4-14(5-7-15)21(24)25/h4-9H,10-11H2,1-3H3. The Hall–Kier alpha value is -3.42. The number of nitro groups is 1. The number of benzene rings is 2. The maximum absolute atomic E-state index is 12.6. The van der Waals surface area contributed by atoms with E-state index < -0.39 is 16.5 Å². The van der Waals surface area contributed by atoms with E-state index >= 15 is 0 Å². The van der Waals surface area contributed by atoms with Crippen molar-refractivity contribution in [3.05, 3.63) is 57.6 Å². The number of rotatable bonds is 5. The molecule has 1 atom stereocenters. The van der Waals surface area contributed by atoms with Crippen LogP contribution in [0.25, 0.3) is 0 Å². The number of hydrogen-bond acceptors (Lipinski definition) is 7. The molecule has 3 rings (SSSR count). The molecule has 28 heavy (non-hydrogen) atoms. The molecule has 0 N–H and O–H groups in total. The van der Waals surface area contributed by atoms with Gasteiger partial charge in [0.05, 0.1) is 16.9 Å². The minimum atomic E-state index is -0.939. The zero-order chi connectivity index (χ0) is 20.5. The first-order valence-corrected chi connectivity index (χ1v) is 8.60. The third-order valence-electron chi connectivity index (χ3n) is 4.38. The molecule has 0 spiro atoms. The van der Waals surface area contributed by atoms with Gasteiger partial charge in [-0.1, -0.05) is 0 Å². The smallest absolute Gasteiger partial charge is 0.308 e. The van der Waals surface area contributed by atoms with Crippen LogP contribution in [0, 0.1) is 17.0 Å². The number of ether oxygens (including phenoxy) is 3. The summed E-state index contributed by atoms with van der Waals surface area (Å²) in [4.78, 5) is 34.1. The second-order valence-electron chi connectivity index (χ2n) is 6.85. The quantitative estimate of drug-likeness (QED) is 0.335. The van der Waals surface area contributed by atoms with Crippen molar-refractivity contribution in [3.8, 4) is 17.2 Å². The first-order chi connectivity index (χ1) is 13.2. The van der Waals surface area contributed by atoms with Gasteiger partial charge >= 0.3 is 5.97 Å². The minimum Gasteiger partial charge on any atom is -0.489 e. The normalized spacial score (nSPS) is 18.0. The molecule has 0 fully saturated rings. The van der Waals surface area contributed by atoms with Crippen LogP contribution in [0.4, 0.5) is 5.69 Å². The van der Waals surface area contributed by atoms with E-state index in [2.05, 4.69) is 0 Å². The summed E-state index contributed by atoms with van der Waals surface area (Å²) in [5.41, 5.74) is 0.0135. The predicted octanol–water partition coefficient (Wildman–Crippen LogP) is 3.63. The van der Waals surface area contributed by atoms with Crippen LogP contribution in [0.3, 0.4) is 0 Å². The second kappa shape index (κ2) is 7.30. The maximum Gasteiger partial charge on any atom is 0.308 e. The zero-order valence-electron chi connectivity index (χ0n) is 15.7. The van der Waals surface area contributed by atoms with E-state index in [0.717, 1.165) is 0 Å². The number of carbonyl (C=O) groups is 2. The van der Waals surface area contributed by atoms with Crippen molar-refractivity contribution >= 4 is 17.4 Å². The molecule has 0 saturated heterocycles. The Morgan fingerprint density at radius 1 is 1.25 bits per heavy atom. The van der Waals surface area contributed by atoms with Crippen LogP contribution in [0.15, 0.2) is 36.4 Å². The molecule has 1 aliphatic heterocycles. The Bertz CT molecular complexity index is 952. The van der Waals surface area contributed by atoms with Gasteiger partial charge in [0.15, 0.2) is 5.78 Å². The summed E-state index contributed by atoms with van der Waals surface area (Å²) in [7, 11) is 0. The molecule has 1 unspecified atom stereocenters.